The Morgan fingerprint density at radius 1 is 0.410 bits per heavy atom. The highest BCUT2D eigenvalue weighted by Gasteiger charge is 2.36. The summed E-state index contributed by atoms with van der Waals surface area (Å²) in [5.74, 6) is -17.1. The van der Waals surface area contributed by atoms with Gasteiger partial charge in [0.15, 0.2) is 5.96 Å². The summed E-state index contributed by atoms with van der Waals surface area (Å²) in [6.07, 6.45) is -6.37. The molecule has 0 aliphatic rings. The molecule has 0 aromatic heterocycles. The number of nitrogens with one attached hydrogen (secondary N) is 9. The van der Waals surface area contributed by atoms with Crippen LogP contribution in [-0.4, -0.2) is 188 Å². The zero-order valence-corrected chi connectivity index (χ0v) is 47.8. The number of hydrogen-bond donors (Lipinski definition) is 18. The minimum absolute atomic E-state index is 0.00474. The van der Waals surface area contributed by atoms with Crippen molar-refractivity contribution in [3.63, 3.8) is 0 Å². The molecule has 0 bridgehead atoms. The van der Waals surface area contributed by atoms with E-state index in [4.69, 9.17) is 22.9 Å². The van der Waals surface area contributed by atoms with Gasteiger partial charge < -0.3 is 96.3 Å². The van der Waals surface area contributed by atoms with E-state index in [0.29, 0.717) is 0 Å². The number of carbonyl (C=O) groups is 14. The van der Waals surface area contributed by atoms with Crippen molar-refractivity contribution in [3.05, 3.63) is 0 Å². The molecule has 0 radical (unpaired) electrons. The van der Waals surface area contributed by atoms with Gasteiger partial charge in [0, 0.05) is 32.2 Å². The van der Waals surface area contributed by atoms with Crippen LogP contribution in [0.3, 0.4) is 0 Å². The first-order chi connectivity index (χ1) is 38.5. The number of guanidine groups is 1. The molecule has 10 amide bonds. The third kappa shape index (κ3) is 32.7. The van der Waals surface area contributed by atoms with Gasteiger partial charge >= 0.3 is 23.9 Å². The van der Waals surface area contributed by atoms with Crippen LogP contribution in [0.25, 0.3) is 0 Å². The highest BCUT2D eigenvalue weighted by atomic mass is 16.4. The first-order valence-corrected chi connectivity index (χ1v) is 26.9. The summed E-state index contributed by atoms with van der Waals surface area (Å²) in [5.41, 5.74) is 21.6. The highest BCUT2D eigenvalue weighted by molar-refractivity contribution is 5.98. The fraction of sp³-hybridized carbons (Fsp3) is 0.700. The van der Waals surface area contributed by atoms with E-state index in [0.717, 1.165) is 0 Å². The molecule has 0 aliphatic heterocycles. The summed E-state index contributed by atoms with van der Waals surface area (Å²) in [6, 6.07) is -14.0. The maximum absolute atomic E-state index is 14.1. The van der Waals surface area contributed by atoms with Crippen LogP contribution < -0.4 is 70.8 Å². The van der Waals surface area contributed by atoms with Crippen LogP contribution in [0.2, 0.25) is 0 Å². The molecular weight excluding hydrogens is 1100 g/mol. The number of amides is 10. The molecule has 10 atom stereocenters. The van der Waals surface area contributed by atoms with Crippen molar-refractivity contribution in [2.45, 2.75) is 192 Å². The van der Waals surface area contributed by atoms with Crippen molar-refractivity contribution < 1.29 is 92.7 Å². The number of rotatable bonds is 42. The average Bonchev–Trinajstić information content (AvgIpc) is 3.37. The Labute approximate surface area is 479 Å². The Morgan fingerprint density at radius 3 is 1.05 bits per heavy atom. The van der Waals surface area contributed by atoms with E-state index in [9.17, 15) is 92.7 Å². The number of aliphatic hydroxyl groups excluding tert-OH is 1. The number of aliphatic carboxylic acids is 4. The summed E-state index contributed by atoms with van der Waals surface area (Å²) in [7, 11) is 0. The van der Waals surface area contributed by atoms with Crippen molar-refractivity contribution in [1.29, 1.82) is 0 Å². The lowest BCUT2D eigenvalue weighted by atomic mass is 9.99. The minimum Gasteiger partial charge on any atom is -0.481 e. The molecule has 0 heterocycles. The zero-order valence-electron chi connectivity index (χ0n) is 47.8. The van der Waals surface area contributed by atoms with E-state index in [1.807, 2.05) is 0 Å². The van der Waals surface area contributed by atoms with E-state index < -0.39 is 201 Å². The fourth-order valence-electron chi connectivity index (χ4n) is 7.69. The van der Waals surface area contributed by atoms with Crippen molar-refractivity contribution in [2.75, 3.05) is 13.1 Å². The second kappa shape index (κ2) is 38.5. The quantitative estimate of drug-likeness (QED) is 0.0154. The van der Waals surface area contributed by atoms with Crippen LogP contribution in [0, 0.1) is 17.8 Å². The molecule has 22 N–H and O–H groups in total. The highest BCUT2D eigenvalue weighted by Crippen LogP contribution is 2.13. The zero-order chi connectivity index (χ0) is 63.8. The molecule has 0 rings (SSSR count). The van der Waals surface area contributed by atoms with E-state index >= 15 is 0 Å². The number of hydrogen-bond acceptors (Lipinski definition) is 17. The molecule has 0 spiro atoms. The Hall–Kier alpha value is -8.23. The van der Waals surface area contributed by atoms with Crippen molar-refractivity contribution in [2.24, 2.45) is 45.7 Å². The monoisotopic (exact) mass is 1190 g/mol. The second-order valence-electron chi connectivity index (χ2n) is 21.0. The Bertz CT molecular complexity index is 2290. The van der Waals surface area contributed by atoms with Gasteiger partial charge in [0.25, 0.3) is 0 Å². The van der Waals surface area contributed by atoms with E-state index in [2.05, 4.69) is 52.8 Å². The second-order valence-corrected chi connectivity index (χ2v) is 21.0. The number of carbonyl (C=O) groups excluding carboxylic acids is 10. The van der Waals surface area contributed by atoms with E-state index in [1.54, 1.807) is 41.5 Å². The molecule has 0 aromatic carbocycles. The lowest BCUT2D eigenvalue weighted by molar-refractivity contribution is -0.143. The summed E-state index contributed by atoms with van der Waals surface area (Å²) >= 11 is 0. The minimum atomic E-state index is -1.73. The third-order valence-electron chi connectivity index (χ3n) is 12.0. The van der Waals surface area contributed by atoms with Crippen molar-refractivity contribution in [3.8, 4) is 0 Å². The lowest BCUT2D eigenvalue weighted by Crippen LogP contribution is -2.60. The van der Waals surface area contributed by atoms with Crippen LogP contribution >= 0.6 is 0 Å². The lowest BCUT2D eigenvalue weighted by Gasteiger charge is -2.28. The van der Waals surface area contributed by atoms with Crippen LogP contribution in [0.5, 0.6) is 0 Å². The largest absolute Gasteiger partial charge is 0.481 e. The van der Waals surface area contributed by atoms with Gasteiger partial charge in [-0.2, -0.15) is 0 Å². The van der Waals surface area contributed by atoms with Gasteiger partial charge in [0.1, 0.15) is 54.4 Å². The molecule has 33 heteroatoms. The topological polar surface area (TPSA) is 565 Å². The van der Waals surface area contributed by atoms with Crippen molar-refractivity contribution >= 4 is 88.9 Å². The van der Waals surface area contributed by atoms with Gasteiger partial charge in [-0.1, -0.05) is 41.5 Å². The molecule has 470 valence electrons. The summed E-state index contributed by atoms with van der Waals surface area (Å²) < 4.78 is 0. The molecule has 0 aliphatic carbocycles. The van der Waals surface area contributed by atoms with Gasteiger partial charge in [0.05, 0.1) is 12.6 Å². The van der Waals surface area contributed by atoms with Crippen LogP contribution in [0.15, 0.2) is 4.99 Å². The molecule has 0 fully saturated rings. The van der Waals surface area contributed by atoms with E-state index in [-0.39, 0.29) is 62.4 Å². The number of nitrogens with zero attached hydrogens (tertiary/aromatic N) is 1. The summed E-state index contributed by atoms with van der Waals surface area (Å²) in [5, 5.41) is 69.0. The predicted molar refractivity (Wildman–Crippen MR) is 293 cm³/mol. The maximum Gasteiger partial charge on any atom is 0.326 e. The Morgan fingerprint density at radius 2 is 0.723 bits per heavy atom. The first-order valence-electron chi connectivity index (χ1n) is 26.9. The summed E-state index contributed by atoms with van der Waals surface area (Å²) in [6.45, 7) is 10.5. The van der Waals surface area contributed by atoms with Gasteiger partial charge in [-0.15, -0.1) is 0 Å². The Balaban J connectivity index is 6.61. The molecule has 83 heavy (non-hydrogen) atoms. The number of carboxylic acids is 4. The van der Waals surface area contributed by atoms with Crippen LogP contribution in [-0.2, 0) is 67.1 Å². The number of carboxylic acid groups (broad SMARTS) is 4. The molecule has 0 aromatic rings. The SMILES string of the molecule is CC(C)C[C@H](NC(=O)[C@H](CC(C)C)NC(=O)[C@H](CCC(=O)O)NC(=O)[C@H](CCC(N)=O)NC(=O)[C@H](CC(C)C)NC(=O)[C@@H](N)[C@@H](C)O)C(=O)NCC(=O)N[C@@H](CCC(=O)O)C(=O)N[C@@H](CCC(=O)O)C(=O)N[C@@H](CCCN=C(N)N)C(=O)O. The van der Waals surface area contributed by atoms with Gasteiger partial charge in [0.2, 0.25) is 59.1 Å². The molecule has 33 nitrogen and oxygen atoms in total. The standard InChI is InChI=1S/C50H86N14O19/c1-23(2)19-32(41(74)56-22-36(67)57-27(11-15-37(68)69)42(75)58-29(12-16-38(70)71)44(77)61-31(49(82)83)9-8-18-55-50(53)54)62-47(80)33(20-24(3)4)63-45(78)30(13-17-39(72)73)59-43(76)28(10-14-35(51)66)60-46(79)34(21-25(5)6)64-48(81)40(52)26(7)65/h23-34,40,65H,8-22,52H2,1-7H3,(H2,51,66)(H,56,74)(H,57,67)(H,58,75)(H,59,76)(H,60,79)(H,61,77)(H,62,80)(H,63,78)(H,64,81)(H,68,69)(H,70,71)(H,72,73)(H,82,83)(H4,53,54,55)/t26-,27+,28+,29+,30+,31+,32+,33+,34+,40+/m1/s1. The molecule has 0 unspecified atom stereocenters. The number of aliphatic hydroxyl groups is 1. The molecule has 0 saturated carbocycles. The fourth-order valence-corrected chi connectivity index (χ4v) is 7.69. The van der Waals surface area contributed by atoms with Crippen LogP contribution in [0.4, 0.5) is 0 Å². The third-order valence-corrected chi connectivity index (χ3v) is 12.0. The van der Waals surface area contributed by atoms with E-state index in [1.165, 1.54) is 6.92 Å². The first kappa shape index (κ1) is 74.8. The maximum atomic E-state index is 14.1. The smallest absolute Gasteiger partial charge is 0.326 e. The van der Waals surface area contributed by atoms with Gasteiger partial charge in [-0.05, 0) is 82.5 Å². The van der Waals surface area contributed by atoms with Crippen LogP contribution in [0.1, 0.15) is 132 Å². The predicted octanol–water partition coefficient (Wildman–Crippen LogP) is -5.17. The Kier molecular flexibility index (Phi) is 34.7. The molecular formula is C50H86N14O19. The van der Waals surface area contributed by atoms with Gasteiger partial charge in [-0.3, -0.25) is 67.3 Å². The van der Waals surface area contributed by atoms with Gasteiger partial charge in [-0.25, -0.2) is 4.79 Å². The average molecular weight is 1190 g/mol. The summed E-state index contributed by atoms with van der Waals surface area (Å²) in [4.78, 5) is 185. The normalized spacial score (nSPS) is 14.7. The number of aliphatic imine (C=N–C) groups is 1. The molecule has 0 saturated heterocycles. The number of nitrogens with two attached hydrogens (primary N) is 4. The number of primary amides is 1. The van der Waals surface area contributed by atoms with Crippen molar-refractivity contribution in [1.82, 2.24) is 47.9 Å².